The predicted molar refractivity (Wildman–Crippen MR) is 62.1 cm³/mol. The summed E-state index contributed by atoms with van der Waals surface area (Å²) in [6.45, 7) is 2.85. The van der Waals surface area contributed by atoms with Crippen molar-refractivity contribution in [3.05, 3.63) is 17.5 Å². The van der Waals surface area contributed by atoms with Crippen LogP contribution in [0.15, 0.2) is 10.7 Å². The van der Waals surface area contributed by atoms with Gasteiger partial charge in [0.05, 0.1) is 12.1 Å². The maximum absolute atomic E-state index is 12.2. The molecule has 1 aliphatic rings. The van der Waals surface area contributed by atoms with E-state index in [2.05, 4.69) is 5.16 Å². The van der Waals surface area contributed by atoms with E-state index in [-0.39, 0.29) is 11.8 Å². The fraction of sp³-hybridized carbons (Fsp3) is 0.583. The Bertz CT molecular complexity index is 447. The summed E-state index contributed by atoms with van der Waals surface area (Å²) >= 11 is 0. The van der Waals surface area contributed by atoms with Gasteiger partial charge in [0.1, 0.15) is 11.3 Å². The second-order valence-corrected chi connectivity index (χ2v) is 4.42. The fourth-order valence-corrected chi connectivity index (χ4v) is 2.19. The number of carbonyl (C=O) groups is 2. The van der Waals surface area contributed by atoms with Gasteiger partial charge in [0.2, 0.25) is 0 Å². The minimum atomic E-state index is -0.777. The van der Waals surface area contributed by atoms with Crippen molar-refractivity contribution in [2.45, 2.75) is 26.2 Å². The van der Waals surface area contributed by atoms with Gasteiger partial charge in [-0.1, -0.05) is 12.1 Å². The van der Waals surface area contributed by atoms with Crippen LogP contribution in [0.5, 0.6) is 0 Å². The Morgan fingerprint density at radius 2 is 2.17 bits per heavy atom. The molecule has 0 saturated carbocycles. The molecule has 0 atom stereocenters. The molecule has 6 nitrogen and oxygen atoms in total. The molecule has 1 aliphatic heterocycles. The first kappa shape index (κ1) is 12.6. The van der Waals surface area contributed by atoms with E-state index >= 15 is 0 Å². The number of hydrogen-bond donors (Lipinski definition) is 1. The Labute approximate surface area is 105 Å². The monoisotopic (exact) mass is 252 g/mol. The second kappa shape index (κ2) is 5.20. The molecule has 0 bridgehead atoms. The fourth-order valence-electron chi connectivity index (χ4n) is 2.19. The summed E-state index contributed by atoms with van der Waals surface area (Å²) in [6, 6.07) is 0. The van der Waals surface area contributed by atoms with Gasteiger partial charge >= 0.3 is 5.97 Å². The SMILES string of the molecule is CCc1oncc1C(=O)N1CCC(C(=O)O)CC1. The highest BCUT2D eigenvalue weighted by Crippen LogP contribution is 2.20. The molecule has 6 heteroatoms. The molecule has 1 fully saturated rings. The summed E-state index contributed by atoms with van der Waals surface area (Å²) in [6.07, 6.45) is 3.07. The number of piperidine rings is 1. The van der Waals surface area contributed by atoms with Crippen molar-refractivity contribution < 1.29 is 19.2 Å². The van der Waals surface area contributed by atoms with Crippen LogP contribution < -0.4 is 0 Å². The zero-order valence-corrected chi connectivity index (χ0v) is 10.3. The first-order valence-electron chi connectivity index (χ1n) is 6.09. The number of aryl methyl sites for hydroxylation is 1. The Hall–Kier alpha value is -1.85. The number of aromatic nitrogens is 1. The smallest absolute Gasteiger partial charge is 0.306 e. The zero-order chi connectivity index (χ0) is 13.1. The quantitative estimate of drug-likeness (QED) is 0.873. The van der Waals surface area contributed by atoms with E-state index in [0.29, 0.717) is 43.7 Å². The van der Waals surface area contributed by atoms with Gasteiger partial charge in [-0.25, -0.2) is 0 Å². The van der Waals surface area contributed by atoms with Crippen LogP contribution in [0.3, 0.4) is 0 Å². The maximum Gasteiger partial charge on any atom is 0.306 e. The molecule has 1 N–H and O–H groups in total. The van der Waals surface area contributed by atoms with Gasteiger partial charge in [-0.05, 0) is 12.8 Å². The third-order valence-corrected chi connectivity index (χ3v) is 3.33. The van der Waals surface area contributed by atoms with Crippen LogP contribution in [0.2, 0.25) is 0 Å². The second-order valence-electron chi connectivity index (χ2n) is 4.42. The molecule has 1 aromatic heterocycles. The lowest BCUT2D eigenvalue weighted by Crippen LogP contribution is -2.40. The number of carboxylic acid groups (broad SMARTS) is 1. The van der Waals surface area contributed by atoms with E-state index in [1.807, 2.05) is 6.92 Å². The number of rotatable bonds is 3. The van der Waals surface area contributed by atoms with E-state index < -0.39 is 5.97 Å². The highest BCUT2D eigenvalue weighted by molar-refractivity contribution is 5.95. The lowest BCUT2D eigenvalue weighted by atomic mass is 9.96. The number of aliphatic carboxylic acids is 1. The standard InChI is InChI=1S/C12H16N2O4/c1-2-10-9(7-13-18-10)11(15)14-5-3-8(4-6-14)12(16)17/h7-8H,2-6H2,1H3,(H,16,17). The molecule has 0 radical (unpaired) electrons. The Balaban J connectivity index is 2.02. The first-order chi connectivity index (χ1) is 8.63. The first-order valence-corrected chi connectivity index (χ1v) is 6.09. The van der Waals surface area contributed by atoms with E-state index in [9.17, 15) is 9.59 Å². The zero-order valence-electron chi connectivity index (χ0n) is 10.3. The Kier molecular flexibility index (Phi) is 3.64. The van der Waals surface area contributed by atoms with Crippen molar-refractivity contribution in [3.63, 3.8) is 0 Å². The molecule has 98 valence electrons. The predicted octanol–water partition coefficient (Wildman–Crippen LogP) is 1.17. The third kappa shape index (κ3) is 2.37. The Morgan fingerprint density at radius 3 is 2.72 bits per heavy atom. The number of amides is 1. The van der Waals surface area contributed by atoms with Crippen LogP contribution in [0.1, 0.15) is 35.9 Å². The van der Waals surface area contributed by atoms with Crippen LogP contribution in [0, 0.1) is 5.92 Å². The maximum atomic E-state index is 12.2. The van der Waals surface area contributed by atoms with E-state index in [0.717, 1.165) is 0 Å². The minimum Gasteiger partial charge on any atom is -0.481 e. The van der Waals surface area contributed by atoms with E-state index in [1.165, 1.54) is 6.20 Å². The molecule has 0 aliphatic carbocycles. The van der Waals surface area contributed by atoms with Gasteiger partial charge in [0.25, 0.3) is 5.91 Å². The van der Waals surface area contributed by atoms with Crippen molar-refractivity contribution in [1.82, 2.24) is 10.1 Å². The average molecular weight is 252 g/mol. The average Bonchev–Trinajstić information content (AvgIpc) is 2.86. The van der Waals surface area contributed by atoms with E-state index in [4.69, 9.17) is 9.63 Å². The minimum absolute atomic E-state index is 0.114. The normalized spacial score (nSPS) is 16.8. The van der Waals surface area contributed by atoms with Crippen molar-refractivity contribution >= 4 is 11.9 Å². The van der Waals surface area contributed by atoms with Crippen LogP contribution in [-0.2, 0) is 11.2 Å². The summed E-state index contributed by atoms with van der Waals surface area (Å²) in [5.74, 6) is -0.638. The molecule has 1 aromatic rings. The largest absolute Gasteiger partial charge is 0.481 e. The molecule has 1 amide bonds. The summed E-state index contributed by atoms with van der Waals surface area (Å²) in [5, 5.41) is 12.5. The number of likely N-dealkylation sites (tertiary alicyclic amines) is 1. The molecule has 0 spiro atoms. The van der Waals surface area contributed by atoms with Crippen molar-refractivity contribution in [3.8, 4) is 0 Å². The third-order valence-electron chi connectivity index (χ3n) is 3.33. The summed E-state index contributed by atoms with van der Waals surface area (Å²) in [4.78, 5) is 24.7. The van der Waals surface area contributed by atoms with Crippen LogP contribution in [-0.4, -0.2) is 40.1 Å². The molecule has 0 aromatic carbocycles. The highest BCUT2D eigenvalue weighted by Gasteiger charge is 2.29. The van der Waals surface area contributed by atoms with E-state index in [1.54, 1.807) is 4.90 Å². The molecule has 1 saturated heterocycles. The van der Waals surface area contributed by atoms with Gasteiger partial charge in [0, 0.05) is 19.5 Å². The summed E-state index contributed by atoms with van der Waals surface area (Å²) < 4.78 is 4.99. The number of hydrogen-bond acceptors (Lipinski definition) is 4. The number of carboxylic acids is 1. The van der Waals surface area contributed by atoms with Gasteiger partial charge in [-0.15, -0.1) is 0 Å². The van der Waals surface area contributed by atoms with Crippen molar-refractivity contribution in [1.29, 1.82) is 0 Å². The lowest BCUT2D eigenvalue weighted by molar-refractivity contribution is -0.143. The van der Waals surface area contributed by atoms with Crippen LogP contribution >= 0.6 is 0 Å². The lowest BCUT2D eigenvalue weighted by Gasteiger charge is -2.29. The highest BCUT2D eigenvalue weighted by atomic mass is 16.5. The van der Waals surface area contributed by atoms with Crippen LogP contribution in [0.4, 0.5) is 0 Å². The topological polar surface area (TPSA) is 83.6 Å². The molecular weight excluding hydrogens is 236 g/mol. The molecule has 2 rings (SSSR count). The summed E-state index contributed by atoms with van der Waals surface area (Å²) in [7, 11) is 0. The molecular formula is C12H16N2O4. The van der Waals surface area contributed by atoms with Gasteiger partial charge in [0.15, 0.2) is 0 Å². The molecule has 18 heavy (non-hydrogen) atoms. The number of carbonyl (C=O) groups excluding carboxylic acids is 1. The van der Waals surface area contributed by atoms with Gasteiger partial charge in [-0.2, -0.15) is 0 Å². The number of nitrogens with zero attached hydrogens (tertiary/aromatic N) is 2. The summed E-state index contributed by atoms with van der Waals surface area (Å²) in [5.41, 5.74) is 0.492. The van der Waals surface area contributed by atoms with Crippen LogP contribution in [0.25, 0.3) is 0 Å². The van der Waals surface area contributed by atoms with Gasteiger partial charge < -0.3 is 14.5 Å². The molecule has 2 heterocycles. The van der Waals surface area contributed by atoms with Gasteiger partial charge in [-0.3, -0.25) is 9.59 Å². The van der Waals surface area contributed by atoms with Crippen molar-refractivity contribution in [2.75, 3.05) is 13.1 Å². The molecule has 0 unspecified atom stereocenters. The Morgan fingerprint density at radius 1 is 1.50 bits per heavy atom. The van der Waals surface area contributed by atoms with Crippen molar-refractivity contribution in [2.24, 2.45) is 5.92 Å².